The number of halogens is 3. The lowest BCUT2D eigenvalue weighted by atomic mass is 10.3. The van der Waals surface area contributed by atoms with Crippen LogP contribution in [0.25, 0.3) is 0 Å². The zero-order chi connectivity index (χ0) is 15.5. The molecule has 0 unspecified atom stereocenters. The van der Waals surface area contributed by atoms with Crippen molar-refractivity contribution in [3.8, 4) is 5.75 Å². The van der Waals surface area contributed by atoms with Gasteiger partial charge in [-0.1, -0.05) is 0 Å². The summed E-state index contributed by atoms with van der Waals surface area (Å²) in [4.78, 5) is 12.9. The molecule has 0 saturated heterocycles. The van der Waals surface area contributed by atoms with E-state index in [1.165, 1.54) is 14.2 Å². The standard InChI is InChI=1S/C11H16F3N3O2S/c1-4-16-9(18)8-6(15)7(19-3)10(20-8)17(2)5-11(12,13)14/h4-5,15H2,1-3H3,(H,16,18). The van der Waals surface area contributed by atoms with Crippen molar-refractivity contribution in [3.63, 3.8) is 0 Å². The number of amides is 1. The smallest absolute Gasteiger partial charge is 0.405 e. The Morgan fingerprint density at radius 1 is 1.50 bits per heavy atom. The van der Waals surface area contributed by atoms with Gasteiger partial charge in [-0.15, -0.1) is 11.3 Å². The molecule has 1 aromatic rings. The van der Waals surface area contributed by atoms with Crippen LogP contribution >= 0.6 is 11.3 Å². The highest BCUT2D eigenvalue weighted by Gasteiger charge is 2.32. The number of rotatable bonds is 5. The average Bonchev–Trinajstić information content (AvgIpc) is 2.64. The second-order valence-electron chi connectivity index (χ2n) is 4.01. The van der Waals surface area contributed by atoms with E-state index in [9.17, 15) is 18.0 Å². The molecule has 0 aliphatic heterocycles. The fraction of sp³-hybridized carbons (Fsp3) is 0.545. The predicted molar refractivity (Wildman–Crippen MR) is 72.6 cm³/mol. The third kappa shape index (κ3) is 3.69. The van der Waals surface area contributed by atoms with Crippen LogP contribution in [0.1, 0.15) is 16.6 Å². The molecule has 1 aromatic heterocycles. The predicted octanol–water partition coefficient (Wildman–Crippen LogP) is 2.09. The van der Waals surface area contributed by atoms with Crippen molar-refractivity contribution in [2.75, 3.05) is 37.9 Å². The first kappa shape index (κ1) is 16.4. The van der Waals surface area contributed by atoms with Crippen LogP contribution in [0, 0.1) is 0 Å². The number of alkyl halides is 3. The summed E-state index contributed by atoms with van der Waals surface area (Å²) in [5.74, 6) is -0.344. The van der Waals surface area contributed by atoms with Crippen molar-refractivity contribution >= 4 is 27.9 Å². The van der Waals surface area contributed by atoms with Gasteiger partial charge in [-0.25, -0.2) is 0 Å². The van der Waals surface area contributed by atoms with Crippen molar-refractivity contribution in [2.45, 2.75) is 13.1 Å². The van der Waals surface area contributed by atoms with Crippen LogP contribution in [0.3, 0.4) is 0 Å². The Morgan fingerprint density at radius 3 is 2.55 bits per heavy atom. The maximum atomic E-state index is 12.4. The van der Waals surface area contributed by atoms with E-state index in [0.29, 0.717) is 6.54 Å². The summed E-state index contributed by atoms with van der Waals surface area (Å²) in [6.45, 7) is 0.972. The number of ether oxygens (including phenoxy) is 1. The maximum absolute atomic E-state index is 12.4. The van der Waals surface area contributed by atoms with E-state index < -0.39 is 18.6 Å². The minimum atomic E-state index is -4.36. The Kier molecular flexibility index (Phi) is 5.09. The molecule has 9 heteroatoms. The highest BCUT2D eigenvalue weighted by Crippen LogP contribution is 2.44. The fourth-order valence-electron chi connectivity index (χ4n) is 1.62. The van der Waals surface area contributed by atoms with Crippen LogP contribution < -0.4 is 20.7 Å². The third-order valence-electron chi connectivity index (χ3n) is 2.39. The van der Waals surface area contributed by atoms with Gasteiger partial charge in [0.25, 0.3) is 5.91 Å². The van der Waals surface area contributed by atoms with Gasteiger partial charge >= 0.3 is 6.18 Å². The lowest BCUT2D eigenvalue weighted by Crippen LogP contribution is -2.30. The van der Waals surface area contributed by atoms with Crippen molar-refractivity contribution in [1.29, 1.82) is 0 Å². The summed E-state index contributed by atoms with van der Waals surface area (Å²) < 4.78 is 42.3. The Labute approximate surface area is 118 Å². The molecule has 0 spiro atoms. The molecule has 0 fully saturated rings. The van der Waals surface area contributed by atoms with Crippen LogP contribution in [-0.4, -0.2) is 39.3 Å². The number of carbonyl (C=O) groups is 1. The quantitative estimate of drug-likeness (QED) is 0.874. The fourth-order valence-corrected chi connectivity index (χ4v) is 2.68. The first-order valence-electron chi connectivity index (χ1n) is 5.73. The molecule has 0 aromatic carbocycles. The molecule has 1 rings (SSSR count). The second-order valence-corrected chi connectivity index (χ2v) is 5.01. The normalized spacial score (nSPS) is 11.3. The molecule has 20 heavy (non-hydrogen) atoms. The lowest BCUT2D eigenvalue weighted by Gasteiger charge is -2.20. The third-order valence-corrected chi connectivity index (χ3v) is 3.69. The largest absolute Gasteiger partial charge is 0.492 e. The molecule has 3 N–H and O–H groups in total. The van der Waals surface area contributed by atoms with Crippen LogP contribution in [0.4, 0.5) is 23.9 Å². The SMILES string of the molecule is CCNC(=O)c1sc(N(C)CC(F)(F)F)c(OC)c1N. The Hall–Kier alpha value is -1.64. The van der Waals surface area contributed by atoms with E-state index in [2.05, 4.69) is 5.32 Å². The van der Waals surface area contributed by atoms with Crippen molar-refractivity contribution in [3.05, 3.63) is 4.88 Å². The zero-order valence-electron chi connectivity index (χ0n) is 11.3. The molecular formula is C11H16F3N3O2S. The summed E-state index contributed by atoms with van der Waals surface area (Å²) in [6.07, 6.45) is -4.36. The van der Waals surface area contributed by atoms with Gasteiger partial charge in [0.15, 0.2) is 5.75 Å². The minimum Gasteiger partial charge on any atom is -0.492 e. The van der Waals surface area contributed by atoms with Gasteiger partial charge < -0.3 is 20.7 Å². The summed E-state index contributed by atoms with van der Waals surface area (Å²) >= 11 is 0.871. The van der Waals surface area contributed by atoms with E-state index in [1.54, 1.807) is 6.92 Å². The molecule has 5 nitrogen and oxygen atoms in total. The van der Waals surface area contributed by atoms with Gasteiger partial charge in [0.05, 0.1) is 7.11 Å². The number of nitrogens with zero attached hydrogens (tertiary/aromatic N) is 1. The first-order valence-corrected chi connectivity index (χ1v) is 6.55. The van der Waals surface area contributed by atoms with Gasteiger partial charge in [0, 0.05) is 13.6 Å². The molecule has 0 radical (unpaired) electrons. The van der Waals surface area contributed by atoms with Crippen LogP contribution in [0.15, 0.2) is 0 Å². The van der Waals surface area contributed by atoms with Crippen LogP contribution in [0.2, 0.25) is 0 Å². The second kappa shape index (κ2) is 6.21. The van der Waals surface area contributed by atoms with Gasteiger partial charge in [-0.2, -0.15) is 13.2 Å². The Morgan fingerprint density at radius 2 is 2.10 bits per heavy atom. The molecule has 0 bridgehead atoms. The first-order chi connectivity index (χ1) is 9.21. The van der Waals surface area contributed by atoms with Crippen molar-refractivity contribution < 1.29 is 22.7 Å². The Balaban J connectivity index is 3.14. The summed E-state index contributed by atoms with van der Waals surface area (Å²) in [6, 6.07) is 0. The van der Waals surface area contributed by atoms with Gasteiger partial charge in [0.2, 0.25) is 0 Å². The lowest BCUT2D eigenvalue weighted by molar-refractivity contribution is -0.119. The number of methoxy groups -OCH3 is 1. The molecule has 0 aliphatic rings. The zero-order valence-corrected chi connectivity index (χ0v) is 12.1. The summed E-state index contributed by atoms with van der Waals surface area (Å²) in [5, 5.41) is 2.72. The van der Waals surface area contributed by atoms with Gasteiger partial charge in [-0.3, -0.25) is 4.79 Å². The van der Waals surface area contributed by atoms with Crippen molar-refractivity contribution in [2.24, 2.45) is 0 Å². The number of carbonyl (C=O) groups excluding carboxylic acids is 1. The molecule has 0 atom stereocenters. The highest BCUT2D eigenvalue weighted by atomic mass is 32.1. The average molecular weight is 311 g/mol. The van der Waals surface area contributed by atoms with E-state index in [4.69, 9.17) is 10.5 Å². The number of anilines is 2. The molecule has 0 aliphatic carbocycles. The summed E-state index contributed by atoms with van der Waals surface area (Å²) in [5.41, 5.74) is 5.81. The van der Waals surface area contributed by atoms with E-state index in [0.717, 1.165) is 16.2 Å². The minimum absolute atomic E-state index is 0.0486. The van der Waals surface area contributed by atoms with Crippen molar-refractivity contribution in [1.82, 2.24) is 5.32 Å². The number of thiophene rings is 1. The number of hydrogen-bond acceptors (Lipinski definition) is 5. The number of nitrogen functional groups attached to an aromatic ring is 1. The monoisotopic (exact) mass is 311 g/mol. The summed E-state index contributed by atoms with van der Waals surface area (Å²) in [7, 11) is 2.56. The number of hydrogen-bond donors (Lipinski definition) is 2. The van der Waals surface area contributed by atoms with Gasteiger partial charge in [0.1, 0.15) is 22.1 Å². The topological polar surface area (TPSA) is 67.6 Å². The maximum Gasteiger partial charge on any atom is 0.405 e. The number of nitrogens with two attached hydrogens (primary N) is 1. The highest BCUT2D eigenvalue weighted by molar-refractivity contribution is 7.19. The van der Waals surface area contributed by atoms with Crippen LogP contribution in [0.5, 0.6) is 5.75 Å². The van der Waals surface area contributed by atoms with Crippen LogP contribution in [-0.2, 0) is 0 Å². The molecule has 0 saturated carbocycles. The molecule has 1 heterocycles. The molecule has 114 valence electrons. The molecular weight excluding hydrogens is 295 g/mol. The van der Waals surface area contributed by atoms with E-state index in [1.807, 2.05) is 0 Å². The number of nitrogens with one attached hydrogen (secondary N) is 1. The van der Waals surface area contributed by atoms with E-state index in [-0.39, 0.29) is 21.3 Å². The Bertz CT molecular complexity index is 488. The van der Waals surface area contributed by atoms with Gasteiger partial charge in [-0.05, 0) is 6.92 Å². The van der Waals surface area contributed by atoms with E-state index >= 15 is 0 Å². The molecule has 1 amide bonds.